The molecule has 4 heterocycles. The maximum Gasteiger partial charge on any atom is 0.408 e. The Morgan fingerprint density at radius 1 is 1.12 bits per heavy atom. The van der Waals surface area contributed by atoms with E-state index < -0.39 is 53.2 Å². The van der Waals surface area contributed by atoms with E-state index in [0.29, 0.717) is 46.6 Å². The van der Waals surface area contributed by atoms with Gasteiger partial charge >= 0.3 is 12.1 Å². The molecule has 2 fully saturated rings. The second-order valence-corrected chi connectivity index (χ2v) is 15.4. The van der Waals surface area contributed by atoms with E-state index in [1.54, 1.807) is 53.1 Å². The number of methoxy groups -OCH3 is 1. The smallest absolute Gasteiger partial charge is 0.408 e. The number of aromatic nitrogens is 2. The van der Waals surface area contributed by atoms with Crippen LogP contribution in [0.1, 0.15) is 65.7 Å². The molecule has 14 nitrogen and oxygen atoms in total. The monoisotopic (exact) mass is 734 g/mol. The van der Waals surface area contributed by atoms with Crippen LogP contribution in [0.2, 0.25) is 0 Å². The van der Waals surface area contributed by atoms with E-state index in [-0.39, 0.29) is 25.3 Å². The highest BCUT2D eigenvalue weighted by atomic mass is 32.1. The number of amides is 3. The molecule has 15 heteroatoms. The van der Waals surface area contributed by atoms with Gasteiger partial charge in [-0.05, 0) is 58.6 Å². The minimum Gasteiger partial charge on any atom is -0.497 e. The molecule has 278 valence electrons. The van der Waals surface area contributed by atoms with Crippen molar-refractivity contribution >= 4 is 51.2 Å². The van der Waals surface area contributed by atoms with Crippen LogP contribution in [-0.4, -0.2) is 93.9 Å². The van der Waals surface area contributed by atoms with Crippen LogP contribution in [0.15, 0.2) is 41.8 Å². The third kappa shape index (κ3) is 8.09. The second-order valence-electron chi connectivity index (χ2n) is 14.5. The predicted octanol–water partition coefficient (Wildman–Crippen LogP) is 5.13. The molecule has 3 aromatic rings. The van der Waals surface area contributed by atoms with Crippen molar-refractivity contribution in [1.29, 1.82) is 0 Å². The number of carbonyl (C=O) groups is 4. The fourth-order valence-electron chi connectivity index (χ4n) is 6.81. The van der Waals surface area contributed by atoms with E-state index >= 15 is 0 Å². The number of carboxylic acids is 1. The number of carbonyl (C=O) groups excluding carboxylic acids is 3. The molecule has 2 aromatic heterocycles. The van der Waals surface area contributed by atoms with Crippen molar-refractivity contribution in [3.05, 3.63) is 41.8 Å². The number of carboxylic acid groups (broad SMARTS) is 1. The Morgan fingerprint density at radius 3 is 2.63 bits per heavy atom. The standard InChI is InChI=1S/C37H46N6O8S/c1-36(2,3)51-35(48)41-25-12-10-8-6-7-9-11-21-18-37(21,33(46)47)42-31(44)29-16-23(19-43(29)32(25)45)50-30-17-27(28-20-52-34(38-4)40-28)39-26-15-22(49-5)13-14-24(26)30/h9,11,13-15,17,20-21,23,25,29H,6-8,10,12,16,18-19H2,1-5H3,(H,38,40)(H,41,48)(H,42,44)(H,46,47)/b11-9-/t21?,23-,25?,29?,37?/m1/s1. The average Bonchev–Trinajstić information content (AvgIpc) is 3.39. The Balaban J connectivity index is 1.34. The number of pyridine rings is 1. The van der Waals surface area contributed by atoms with Gasteiger partial charge in [0.1, 0.15) is 46.5 Å². The molecule has 1 saturated heterocycles. The van der Waals surface area contributed by atoms with Crippen molar-refractivity contribution in [3.8, 4) is 22.9 Å². The van der Waals surface area contributed by atoms with Crippen molar-refractivity contribution < 1.29 is 38.5 Å². The van der Waals surface area contributed by atoms with Gasteiger partial charge in [-0.15, -0.1) is 11.3 Å². The molecule has 4 N–H and O–H groups in total. The number of thiazole rings is 1. The third-order valence-electron chi connectivity index (χ3n) is 9.57. The van der Waals surface area contributed by atoms with E-state index in [2.05, 4.69) is 20.9 Å². The molecular weight excluding hydrogens is 689 g/mol. The highest BCUT2D eigenvalue weighted by Crippen LogP contribution is 2.45. The van der Waals surface area contributed by atoms with E-state index in [0.717, 1.165) is 24.4 Å². The Bertz CT molecular complexity index is 1870. The van der Waals surface area contributed by atoms with Gasteiger partial charge in [0.15, 0.2) is 5.13 Å². The summed E-state index contributed by atoms with van der Waals surface area (Å²) in [6.45, 7) is 5.23. The molecule has 1 saturated carbocycles. The van der Waals surface area contributed by atoms with Gasteiger partial charge in [0.05, 0.1) is 24.9 Å². The fourth-order valence-corrected chi connectivity index (χ4v) is 7.48. The van der Waals surface area contributed by atoms with E-state index in [9.17, 15) is 24.3 Å². The molecule has 0 bridgehead atoms. The Kier molecular flexibility index (Phi) is 10.6. The number of benzene rings is 1. The summed E-state index contributed by atoms with van der Waals surface area (Å²) >= 11 is 1.44. The lowest BCUT2D eigenvalue weighted by Gasteiger charge is -2.30. The molecule has 0 radical (unpaired) electrons. The highest BCUT2D eigenvalue weighted by molar-refractivity contribution is 7.14. The van der Waals surface area contributed by atoms with Crippen molar-refractivity contribution in [2.24, 2.45) is 5.92 Å². The SMILES string of the molecule is CNc1nc(-c2cc(O[C@@H]3CC4C(=O)NC5(C(=O)O)CC5/C=C\CCCCCC(NC(=O)OC(C)(C)C)C(=O)N4C3)c3ccc(OC)cc3n2)cs1. The summed E-state index contributed by atoms with van der Waals surface area (Å²) in [6.07, 6.45) is 6.12. The second kappa shape index (κ2) is 15.0. The van der Waals surface area contributed by atoms with Crippen LogP contribution >= 0.6 is 11.3 Å². The zero-order valence-corrected chi connectivity index (χ0v) is 30.9. The van der Waals surface area contributed by atoms with E-state index in [4.69, 9.17) is 19.2 Å². The number of alkyl carbamates (subject to hydrolysis) is 1. The first-order valence-corrected chi connectivity index (χ1v) is 18.5. The van der Waals surface area contributed by atoms with Crippen molar-refractivity contribution in [1.82, 2.24) is 25.5 Å². The molecule has 3 amide bonds. The maximum absolute atomic E-state index is 14.4. The van der Waals surface area contributed by atoms with Crippen LogP contribution in [0.25, 0.3) is 22.3 Å². The normalized spacial score (nSPS) is 25.8. The first-order chi connectivity index (χ1) is 24.8. The number of aliphatic carboxylic acids is 1. The number of rotatable bonds is 7. The van der Waals surface area contributed by atoms with Crippen LogP contribution in [0.5, 0.6) is 11.5 Å². The molecule has 1 aliphatic carbocycles. The molecule has 1 aromatic carbocycles. The fraction of sp³-hybridized carbons (Fsp3) is 0.514. The predicted molar refractivity (Wildman–Crippen MR) is 195 cm³/mol. The zero-order valence-electron chi connectivity index (χ0n) is 30.1. The third-order valence-corrected chi connectivity index (χ3v) is 10.4. The van der Waals surface area contributed by atoms with Crippen LogP contribution in [0.3, 0.4) is 0 Å². The summed E-state index contributed by atoms with van der Waals surface area (Å²) < 4.78 is 17.6. The van der Waals surface area contributed by atoms with Crippen LogP contribution < -0.4 is 25.4 Å². The molecule has 0 spiro atoms. The largest absolute Gasteiger partial charge is 0.497 e. The Morgan fingerprint density at radius 2 is 1.92 bits per heavy atom. The van der Waals surface area contributed by atoms with E-state index in [1.165, 1.54) is 16.2 Å². The van der Waals surface area contributed by atoms with Crippen LogP contribution in [0.4, 0.5) is 9.93 Å². The molecule has 2 aliphatic heterocycles. The molecule has 4 unspecified atom stereocenters. The number of ether oxygens (including phenoxy) is 3. The molecule has 52 heavy (non-hydrogen) atoms. The number of nitrogens with one attached hydrogen (secondary N) is 3. The van der Waals surface area contributed by atoms with E-state index in [1.807, 2.05) is 23.6 Å². The lowest BCUT2D eigenvalue weighted by atomic mass is 10.0. The van der Waals surface area contributed by atoms with Gasteiger partial charge in [0, 0.05) is 42.3 Å². The minimum atomic E-state index is -1.45. The Hall–Kier alpha value is -4.92. The van der Waals surface area contributed by atoms with Gasteiger partial charge in [-0.1, -0.05) is 25.0 Å². The summed E-state index contributed by atoms with van der Waals surface area (Å²) in [5, 5.41) is 22.1. The summed E-state index contributed by atoms with van der Waals surface area (Å²) in [5.74, 6) is -1.45. The van der Waals surface area contributed by atoms with Gasteiger partial charge in [0.25, 0.3) is 0 Å². The minimum absolute atomic E-state index is 0.0166. The van der Waals surface area contributed by atoms with Crippen molar-refractivity contribution in [2.45, 2.75) is 95.0 Å². The summed E-state index contributed by atoms with van der Waals surface area (Å²) in [4.78, 5) is 64.8. The summed E-state index contributed by atoms with van der Waals surface area (Å²) in [7, 11) is 3.36. The number of anilines is 1. The first-order valence-electron chi connectivity index (χ1n) is 17.6. The van der Waals surface area contributed by atoms with Gasteiger partial charge in [-0.3, -0.25) is 9.59 Å². The van der Waals surface area contributed by atoms with Gasteiger partial charge in [-0.25, -0.2) is 19.6 Å². The average molecular weight is 735 g/mol. The number of nitrogens with zero attached hydrogens (tertiary/aromatic N) is 3. The lowest BCUT2D eigenvalue weighted by molar-refractivity contribution is -0.145. The maximum atomic E-state index is 14.4. The number of hydrogen-bond acceptors (Lipinski definition) is 11. The van der Waals surface area contributed by atoms with Crippen LogP contribution in [0, 0.1) is 5.92 Å². The summed E-state index contributed by atoms with van der Waals surface area (Å²) in [6, 6.07) is 5.19. The van der Waals surface area contributed by atoms with Crippen molar-refractivity contribution in [3.63, 3.8) is 0 Å². The first kappa shape index (κ1) is 36.9. The number of allylic oxidation sites excluding steroid dienone is 1. The zero-order chi connectivity index (χ0) is 37.2. The number of fused-ring (bicyclic) bond motifs is 3. The molecule has 5 atom stereocenters. The van der Waals surface area contributed by atoms with Gasteiger partial charge in [0.2, 0.25) is 11.8 Å². The topological polar surface area (TPSA) is 181 Å². The lowest BCUT2D eigenvalue weighted by Crippen LogP contribution is -2.56. The molecule has 6 rings (SSSR count). The van der Waals surface area contributed by atoms with Gasteiger partial charge < -0.3 is 40.2 Å². The Labute approximate surface area is 306 Å². The number of hydrogen-bond donors (Lipinski definition) is 4. The van der Waals surface area contributed by atoms with Crippen molar-refractivity contribution in [2.75, 3.05) is 26.0 Å². The van der Waals surface area contributed by atoms with Gasteiger partial charge in [-0.2, -0.15) is 0 Å². The molecule has 3 aliphatic rings. The summed E-state index contributed by atoms with van der Waals surface area (Å²) in [5.41, 5.74) is -0.437. The molecular formula is C37H46N6O8S. The highest BCUT2D eigenvalue weighted by Gasteiger charge is 2.61. The quantitative estimate of drug-likeness (QED) is 0.236. The van der Waals surface area contributed by atoms with Crippen LogP contribution in [-0.2, 0) is 19.1 Å².